The van der Waals surface area contributed by atoms with Crippen molar-refractivity contribution in [3.63, 3.8) is 0 Å². The van der Waals surface area contributed by atoms with Crippen LogP contribution in [0.3, 0.4) is 0 Å². The van der Waals surface area contributed by atoms with E-state index in [2.05, 4.69) is 9.80 Å². The van der Waals surface area contributed by atoms with Crippen LogP contribution in [0, 0.1) is 17.6 Å². The molecule has 2 heterocycles. The van der Waals surface area contributed by atoms with Crippen molar-refractivity contribution in [2.24, 2.45) is 5.92 Å². The molecule has 1 aromatic carbocycles. The molecule has 0 radical (unpaired) electrons. The topological polar surface area (TPSA) is 42.0 Å². The van der Waals surface area contributed by atoms with Gasteiger partial charge in [-0.15, -0.1) is 0 Å². The molecule has 5 nitrogen and oxygen atoms in total. The second-order valence-corrected chi connectivity index (χ2v) is 7.36. The number of piperidine rings is 1. The maximum atomic E-state index is 13.5. The van der Waals surface area contributed by atoms with Crippen molar-refractivity contribution in [1.29, 1.82) is 0 Å². The van der Waals surface area contributed by atoms with Crippen molar-refractivity contribution >= 4 is 5.97 Å². The first kappa shape index (κ1) is 20.2. The number of esters is 1. The van der Waals surface area contributed by atoms with E-state index in [9.17, 15) is 13.6 Å². The minimum absolute atomic E-state index is 0.187. The molecular formula is C20H28F2N2O3. The zero-order valence-corrected chi connectivity index (χ0v) is 15.8. The lowest BCUT2D eigenvalue weighted by atomic mass is 9.86. The number of nitrogens with zero attached hydrogens (tertiary/aromatic N) is 2. The summed E-state index contributed by atoms with van der Waals surface area (Å²) in [4.78, 5) is 16.4. The maximum absolute atomic E-state index is 13.5. The standard InChI is InChI=1S/C20H28F2N2O3/c1-26-20(25)5-3-16-14-23(13-15-2-4-17(21)18(22)12-15)7-6-19(16)24-8-10-27-11-9-24/h2,4,12,16,19H,3,5-11,13-14H2,1H3/t16-,19+/m0/s1. The molecule has 3 rings (SSSR count). The van der Waals surface area contributed by atoms with Gasteiger partial charge in [-0.1, -0.05) is 6.07 Å². The lowest BCUT2D eigenvalue weighted by Gasteiger charge is -2.45. The van der Waals surface area contributed by atoms with E-state index < -0.39 is 11.6 Å². The molecular weight excluding hydrogens is 354 g/mol. The Hall–Kier alpha value is -1.57. The minimum atomic E-state index is -0.819. The Labute approximate surface area is 159 Å². The molecule has 2 aliphatic heterocycles. The molecule has 0 aromatic heterocycles. The fourth-order valence-corrected chi connectivity index (χ4v) is 4.21. The Morgan fingerprint density at radius 3 is 2.70 bits per heavy atom. The quantitative estimate of drug-likeness (QED) is 0.707. The summed E-state index contributed by atoms with van der Waals surface area (Å²) < 4.78 is 36.9. The van der Waals surface area contributed by atoms with Crippen LogP contribution in [-0.4, -0.2) is 68.3 Å². The third-order valence-corrected chi connectivity index (χ3v) is 5.63. The number of likely N-dealkylation sites (tertiary alicyclic amines) is 1. The van der Waals surface area contributed by atoms with Crippen LogP contribution in [0.2, 0.25) is 0 Å². The zero-order chi connectivity index (χ0) is 19.2. The van der Waals surface area contributed by atoms with E-state index in [1.165, 1.54) is 19.2 Å². The summed E-state index contributed by atoms with van der Waals surface area (Å²) in [5, 5.41) is 0. The number of carbonyl (C=O) groups excluding carboxylic acids is 1. The fourth-order valence-electron chi connectivity index (χ4n) is 4.21. The first-order valence-electron chi connectivity index (χ1n) is 9.61. The average Bonchev–Trinajstić information content (AvgIpc) is 2.69. The van der Waals surface area contributed by atoms with Gasteiger partial charge in [-0.3, -0.25) is 14.6 Å². The Balaban J connectivity index is 1.64. The third-order valence-electron chi connectivity index (χ3n) is 5.63. The monoisotopic (exact) mass is 382 g/mol. The maximum Gasteiger partial charge on any atom is 0.305 e. The molecule has 2 atom stereocenters. The van der Waals surface area contributed by atoms with E-state index in [-0.39, 0.29) is 5.97 Å². The SMILES string of the molecule is COC(=O)CC[C@H]1CN(Cc2ccc(F)c(F)c2)CC[C@H]1N1CCOCC1. The van der Waals surface area contributed by atoms with Crippen LogP contribution in [0.1, 0.15) is 24.8 Å². The van der Waals surface area contributed by atoms with Crippen molar-refractivity contribution in [2.75, 3.05) is 46.5 Å². The van der Waals surface area contributed by atoms with Crippen molar-refractivity contribution in [1.82, 2.24) is 9.80 Å². The van der Waals surface area contributed by atoms with Gasteiger partial charge in [0, 0.05) is 38.6 Å². The summed E-state index contributed by atoms with van der Waals surface area (Å²) in [6.45, 7) is 5.65. The van der Waals surface area contributed by atoms with Gasteiger partial charge in [0.25, 0.3) is 0 Å². The molecule has 0 amide bonds. The predicted octanol–water partition coefficient (Wildman–Crippen LogP) is 2.44. The summed E-state index contributed by atoms with van der Waals surface area (Å²) in [5.41, 5.74) is 0.769. The Morgan fingerprint density at radius 2 is 2.00 bits per heavy atom. The van der Waals surface area contributed by atoms with Crippen LogP contribution in [0.4, 0.5) is 8.78 Å². The van der Waals surface area contributed by atoms with Gasteiger partial charge in [-0.2, -0.15) is 0 Å². The van der Waals surface area contributed by atoms with Gasteiger partial charge < -0.3 is 9.47 Å². The lowest BCUT2D eigenvalue weighted by Crippen LogP contribution is -2.53. The Morgan fingerprint density at radius 1 is 1.22 bits per heavy atom. The summed E-state index contributed by atoms with van der Waals surface area (Å²) in [5.74, 6) is -1.48. The van der Waals surface area contributed by atoms with E-state index in [1.54, 1.807) is 6.07 Å². The number of carbonyl (C=O) groups is 1. The highest BCUT2D eigenvalue weighted by molar-refractivity contribution is 5.69. The molecule has 0 saturated carbocycles. The zero-order valence-electron chi connectivity index (χ0n) is 15.8. The van der Waals surface area contributed by atoms with E-state index >= 15 is 0 Å². The predicted molar refractivity (Wildman–Crippen MR) is 97.2 cm³/mol. The molecule has 150 valence electrons. The molecule has 2 saturated heterocycles. The van der Waals surface area contributed by atoms with Gasteiger partial charge in [-0.25, -0.2) is 8.78 Å². The van der Waals surface area contributed by atoms with Gasteiger partial charge in [0.05, 0.1) is 20.3 Å². The third kappa shape index (κ3) is 5.46. The van der Waals surface area contributed by atoms with Crippen molar-refractivity contribution in [3.8, 4) is 0 Å². The van der Waals surface area contributed by atoms with Crippen molar-refractivity contribution < 1.29 is 23.0 Å². The lowest BCUT2D eigenvalue weighted by molar-refractivity contribution is -0.141. The summed E-state index contributed by atoms with van der Waals surface area (Å²) in [6.07, 6.45) is 2.17. The van der Waals surface area contributed by atoms with Gasteiger partial charge in [0.1, 0.15) is 0 Å². The van der Waals surface area contributed by atoms with Crippen LogP contribution in [0.25, 0.3) is 0 Å². The number of morpholine rings is 1. The Bertz CT molecular complexity index is 638. The number of hydrogen-bond donors (Lipinski definition) is 0. The summed E-state index contributed by atoms with van der Waals surface area (Å²) >= 11 is 0. The number of halogens is 2. The van der Waals surface area contributed by atoms with Crippen LogP contribution in [0.5, 0.6) is 0 Å². The summed E-state index contributed by atoms with van der Waals surface area (Å²) in [6, 6.07) is 4.50. The van der Waals surface area contributed by atoms with Gasteiger partial charge >= 0.3 is 5.97 Å². The van der Waals surface area contributed by atoms with Crippen molar-refractivity contribution in [2.45, 2.75) is 31.8 Å². The second-order valence-electron chi connectivity index (χ2n) is 7.36. The molecule has 0 spiro atoms. The highest BCUT2D eigenvalue weighted by Crippen LogP contribution is 2.28. The number of ether oxygens (including phenoxy) is 2. The molecule has 7 heteroatoms. The van der Waals surface area contributed by atoms with Gasteiger partial charge in [0.2, 0.25) is 0 Å². The molecule has 0 aliphatic carbocycles. The number of benzene rings is 1. The summed E-state index contributed by atoms with van der Waals surface area (Å²) in [7, 11) is 1.41. The smallest absolute Gasteiger partial charge is 0.305 e. The molecule has 1 aromatic rings. The normalized spacial score (nSPS) is 24.7. The van der Waals surface area contributed by atoms with E-state index in [4.69, 9.17) is 9.47 Å². The first-order valence-corrected chi connectivity index (χ1v) is 9.61. The second kappa shape index (κ2) is 9.57. The van der Waals surface area contributed by atoms with Crippen LogP contribution in [-0.2, 0) is 20.8 Å². The molecule has 2 fully saturated rings. The number of methoxy groups -OCH3 is 1. The first-order chi connectivity index (χ1) is 13.1. The van der Waals surface area contributed by atoms with Gasteiger partial charge in [-0.05, 0) is 43.0 Å². The molecule has 2 aliphatic rings. The van der Waals surface area contributed by atoms with Crippen LogP contribution < -0.4 is 0 Å². The molecule has 0 bridgehead atoms. The average molecular weight is 382 g/mol. The van der Waals surface area contributed by atoms with Crippen LogP contribution >= 0.6 is 0 Å². The van der Waals surface area contributed by atoms with E-state index in [1.807, 2.05) is 0 Å². The van der Waals surface area contributed by atoms with Gasteiger partial charge in [0.15, 0.2) is 11.6 Å². The van der Waals surface area contributed by atoms with E-state index in [0.717, 1.165) is 57.8 Å². The minimum Gasteiger partial charge on any atom is -0.469 e. The van der Waals surface area contributed by atoms with E-state index in [0.29, 0.717) is 24.9 Å². The Kier molecular flexibility index (Phi) is 7.15. The fraction of sp³-hybridized carbons (Fsp3) is 0.650. The van der Waals surface area contributed by atoms with Crippen molar-refractivity contribution in [3.05, 3.63) is 35.4 Å². The highest BCUT2D eigenvalue weighted by Gasteiger charge is 2.34. The molecule has 0 N–H and O–H groups in total. The largest absolute Gasteiger partial charge is 0.469 e. The van der Waals surface area contributed by atoms with Crippen LogP contribution in [0.15, 0.2) is 18.2 Å². The highest BCUT2D eigenvalue weighted by atomic mass is 19.2. The number of rotatable bonds is 6. The number of hydrogen-bond acceptors (Lipinski definition) is 5. The molecule has 0 unspecified atom stereocenters. The molecule has 27 heavy (non-hydrogen) atoms.